The van der Waals surface area contributed by atoms with Gasteiger partial charge in [-0.2, -0.15) is 0 Å². The maximum atomic E-state index is 12.8. The molecule has 1 aromatic rings. The summed E-state index contributed by atoms with van der Waals surface area (Å²) in [6.07, 6.45) is 3.08. The molecule has 0 N–H and O–H groups in total. The molecule has 0 bridgehead atoms. The fourth-order valence-corrected chi connectivity index (χ4v) is 3.07. The van der Waals surface area contributed by atoms with E-state index in [0.717, 1.165) is 19.3 Å². The Morgan fingerprint density at radius 3 is 2.95 bits per heavy atom. The van der Waals surface area contributed by atoms with E-state index >= 15 is 0 Å². The zero-order valence-corrected chi connectivity index (χ0v) is 12.7. The van der Waals surface area contributed by atoms with E-state index in [1.165, 1.54) is 11.1 Å². The largest absolute Gasteiger partial charge is 0.383 e. The van der Waals surface area contributed by atoms with Gasteiger partial charge in [-0.05, 0) is 30.4 Å². The molecule has 0 aliphatic heterocycles. The van der Waals surface area contributed by atoms with E-state index in [2.05, 4.69) is 12.1 Å². The van der Waals surface area contributed by atoms with Gasteiger partial charge in [0, 0.05) is 26.1 Å². The van der Waals surface area contributed by atoms with Gasteiger partial charge in [-0.1, -0.05) is 24.3 Å². The van der Waals surface area contributed by atoms with Gasteiger partial charge in [0.2, 0.25) is 5.91 Å². The first-order valence-electron chi connectivity index (χ1n) is 7.19. The number of alkyl halides is 1. The summed E-state index contributed by atoms with van der Waals surface area (Å²) < 4.78 is 5.09. The molecule has 0 spiro atoms. The molecule has 0 radical (unpaired) electrons. The average molecular weight is 296 g/mol. The van der Waals surface area contributed by atoms with Crippen LogP contribution in [0, 0.1) is 0 Å². The Balaban J connectivity index is 2.15. The maximum absolute atomic E-state index is 12.8. The van der Waals surface area contributed by atoms with Crippen molar-refractivity contribution in [1.29, 1.82) is 0 Å². The summed E-state index contributed by atoms with van der Waals surface area (Å²) in [5, 5.41) is 0. The van der Waals surface area contributed by atoms with Crippen LogP contribution in [0.1, 0.15) is 29.9 Å². The normalized spacial score (nSPS) is 17.6. The first-order chi connectivity index (χ1) is 9.77. The lowest BCUT2D eigenvalue weighted by Gasteiger charge is -2.30. The molecule has 1 aliphatic rings. The molecule has 1 atom stereocenters. The van der Waals surface area contributed by atoms with Crippen molar-refractivity contribution in [2.75, 3.05) is 32.7 Å². The Bertz CT molecular complexity index is 450. The molecular weight excluding hydrogens is 274 g/mol. The minimum absolute atomic E-state index is 0.0139. The summed E-state index contributed by atoms with van der Waals surface area (Å²) in [6.45, 7) is 1.75. The van der Waals surface area contributed by atoms with Crippen molar-refractivity contribution in [1.82, 2.24) is 4.90 Å². The van der Waals surface area contributed by atoms with Crippen LogP contribution in [0.5, 0.6) is 0 Å². The first-order valence-corrected chi connectivity index (χ1v) is 7.73. The zero-order chi connectivity index (χ0) is 14.4. The minimum atomic E-state index is -0.0139. The van der Waals surface area contributed by atoms with Crippen LogP contribution in [-0.2, 0) is 16.0 Å². The second-order valence-electron chi connectivity index (χ2n) is 5.15. The molecule has 110 valence electrons. The van der Waals surface area contributed by atoms with Gasteiger partial charge < -0.3 is 9.64 Å². The van der Waals surface area contributed by atoms with Crippen molar-refractivity contribution >= 4 is 17.5 Å². The van der Waals surface area contributed by atoms with Gasteiger partial charge in [0.05, 0.1) is 12.5 Å². The Kier molecular flexibility index (Phi) is 5.86. The van der Waals surface area contributed by atoms with Gasteiger partial charge >= 0.3 is 0 Å². The van der Waals surface area contributed by atoms with Crippen molar-refractivity contribution in [2.24, 2.45) is 0 Å². The number of halogens is 1. The molecule has 1 unspecified atom stereocenters. The van der Waals surface area contributed by atoms with Crippen LogP contribution in [-0.4, -0.2) is 43.5 Å². The fourth-order valence-electron chi connectivity index (χ4n) is 2.87. The lowest BCUT2D eigenvalue weighted by molar-refractivity contribution is -0.133. The number of nitrogens with zero attached hydrogens (tertiary/aromatic N) is 1. The number of hydrogen-bond acceptors (Lipinski definition) is 2. The van der Waals surface area contributed by atoms with Crippen molar-refractivity contribution in [3.63, 3.8) is 0 Å². The summed E-state index contributed by atoms with van der Waals surface area (Å²) in [6, 6.07) is 8.29. The number of amides is 1. The molecule has 1 amide bonds. The molecule has 0 aromatic heterocycles. The second kappa shape index (κ2) is 7.65. The van der Waals surface area contributed by atoms with Crippen molar-refractivity contribution < 1.29 is 9.53 Å². The van der Waals surface area contributed by atoms with E-state index in [1.54, 1.807) is 7.11 Å². The van der Waals surface area contributed by atoms with Crippen molar-refractivity contribution in [2.45, 2.75) is 25.2 Å². The number of methoxy groups -OCH3 is 1. The molecule has 0 saturated carbocycles. The summed E-state index contributed by atoms with van der Waals surface area (Å²) in [4.78, 5) is 14.6. The van der Waals surface area contributed by atoms with Crippen molar-refractivity contribution in [3.05, 3.63) is 35.4 Å². The van der Waals surface area contributed by atoms with E-state index in [0.29, 0.717) is 25.6 Å². The van der Waals surface area contributed by atoms with Gasteiger partial charge in [0.15, 0.2) is 0 Å². The predicted molar refractivity (Wildman–Crippen MR) is 81.3 cm³/mol. The Morgan fingerprint density at radius 1 is 1.40 bits per heavy atom. The second-order valence-corrected chi connectivity index (χ2v) is 5.53. The van der Waals surface area contributed by atoms with Crippen LogP contribution in [0.3, 0.4) is 0 Å². The van der Waals surface area contributed by atoms with Crippen molar-refractivity contribution in [3.8, 4) is 0 Å². The number of carbonyl (C=O) groups is 1. The number of hydrogen-bond donors (Lipinski definition) is 0. The molecule has 0 fully saturated rings. The van der Waals surface area contributed by atoms with E-state index < -0.39 is 0 Å². The van der Waals surface area contributed by atoms with Gasteiger partial charge in [-0.25, -0.2) is 0 Å². The van der Waals surface area contributed by atoms with Gasteiger partial charge in [-0.3, -0.25) is 4.79 Å². The van der Waals surface area contributed by atoms with E-state index in [9.17, 15) is 4.79 Å². The van der Waals surface area contributed by atoms with E-state index in [-0.39, 0.29) is 11.8 Å². The molecule has 20 heavy (non-hydrogen) atoms. The van der Waals surface area contributed by atoms with Crippen LogP contribution in [0.2, 0.25) is 0 Å². The molecule has 2 rings (SSSR count). The molecule has 0 saturated heterocycles. The third-order valence-corrected chi connectivity index (χ3v) is 4.07. The lowest BCUT2D eigenvalue weighted by Crippen LogP contribution is -2.39. The minimum Gasteiger partial charge on any atom is -0.383 e. The summed E-state index contributed by atoms with van der Waals surface area (Å²) >= 11 is 5.82. The van der Waals surface area contributed by atoms with Gasteiger partial charge in [-0.15, -0.1) is 11.6 Å². The highest BCUT2D eigenvalue weighted by atomic mass is 35.5. The SMILES string of the molecule is COCCN(CCCl)C(=O)C1CCCc2ccccc21. The third-order valence-electron chi connectivity index (χ3n) is 3.90. The van der Waals surface area contributed by atoms with E-state index in [4.69, 9.17) is 16.3 Å². The number of benzene rings is 1. The third kappa shape index (κ3) is 3.53. The van der Waals surface area contributed by atoms with Crippen LogP contribution in [0.25, 0.3) is 0 Å². The topological polar surface area (TPSA) is 29.5 Å². The Hall–Kier alpha value is -1.06. The van der Waals surface area contributed by atoms with Crippen LogP contribution in [0.15, 0.2) is 24.3 Å². The lowest BCUT2D eigenvalue weighted by atomic mass is 9.82. The van der Waals surface area contributed by atoms with Crippen LogP contribution < -0.4 is 0 Å². The highest BCUT2D eigenvalue weighted by molar-refractivity contribution is 6.18. The molecule has 3 nitrogen and oxygen atoms in total. The number of ether oxygens (including phenoxy) is 1. The monoisotopic (exact) mass is 295 g/mol. The molecule has 1 aromatic carbocycles. The highest BCUT2D eigenvalue weighted by Crippen LogP contribution is 2.32. The number of fused-ring (bicyclic) bond motifs is 1. The molecule has 1 aliphatic carbocycles. The molecular formula is C16H22ClNO2. The highest BCUT2D eigenvalue weighted by Gasteiger charge is 2.29. The predicted octanol–water partition coefficient (Wildman–Crippen LogP) is 2.82. The summed E-state index contributed by atoms with van der Waals surface area (Å²) in [5.41, 5.74) is 2.51. The number of carbonyl (C=O) groups excluding carboxylic acids is 1. The van der Waals surface area contributed by atoms with Gasteiger partial charge in [0.25, 0.3) is 0 Å². The summed E-state index contributed by atoms with van der Waals surface area (Å²) in [7, 11) is 1.65. The standard InChI is InChI=1S/C16H22ClNO2/c1-20-12-11-18(10-9-17)16(19)15-8-4-6-13-5-2-3-7-14(13)15/h2-3,5,7,15H,4,6,8-12H2,1H3. The summed E-state index contributed by atoms with van der Waals surface area (Å²) in [5.74, 6) is 0.638. The quantitative estimate of drug-likeness (QED) is 0.755. The Morgan fingerprint density at radius 2 is 2.20 bits per heavy atom. The number of aryl methyl sites for hydroxylation is 1. The number of rotatable bonds is 6. The van der Waals surface area contributed by atoms with Gasteiger partial charge in [0.1, 0.15) is 0 Å². The van der Waals surface area contributed by atoms with Crippen LogP contribution in [0.4, 0.5) is 0 Å². The first kappa shape index (κ1) is 15.3. The molecule has 0 heterocycles. The fraction of sp³-hybridized carbons (Fsp3) is 0.562. The van der Waals surface area contributed by atoms with Crippen LogP contribution >= 0.6 is 11.6 Å². The van der Waals surface area contributed by atoms with E-state index in [1.807, 2.05) is 17.0 Å². The smallest absolute Gasteiger partial charge is 0.230 e. The zero-order valence-electron chi connectivity index (χ0n) is 12.0. The molecule has 4 heteroatoms. The maximum Gasteiger partial charge on any atom is 0.230 e. The Labute approximate surface area is 125 Å². The average Bonchev–Trinajstić information content (AvgIpc) is 2.50.